The number of nitrogens with one attached hydrogen (secondary N) is 1. The lowest BCUT2D eigenvalue weighted by molar-refractivity contribution is 0.0600. The number of hydrogen-bond acceptors (Lipinski definition) is 5. The van der Waals surface area contributed by atoms with E-state index in [0.717, 1.165) is 23.1 Å². The Balaban J connectivity index is 1.89. The molecule has 1 unspecified atom stereocenters. The zero-order valence-electron chi connectivity index (χ0n) is 19.2. The number of carbonyl (C=O) groups excluding carboxylic acids is 1. The van der Waals surface area contributed by atoms with Crippen molar-refractivity contribution < 1.29 is 9.53 Å². The van der Waals surface area contributed by atoms with Crippen LogP contribution in [0, 0.1) is 22.7 Å². The summed E-state index contributed by atoms with van der Waals surface area (Å²) in [7, 11) is 1.35. The fourth-order valence-electron chi connectivity index (χ4n) is 4.06. The number of rotatable bonds is 9. The van der Waals surface area contributed by atoms with Crippen LogP contribution < -0.4 is 5.32 Å². The summed E-state index contributed by atoms with van der Waals surface area (Å²) in [6.07, 6.45) is 1.01. The lowest BCUT2D eigenvalue weighted by Gasteiger charge is -2.30. The first-order valence-electron chi connectivity index (χ1n) is 11.0. The van der Waals surface area contributed by atoms with Gasteiger partial charge in [-0.25, -0.2) is 4.79 Å². The van der Waals surface area contributed by atoms with E-state index in [2.05, 4.69) is 24.4 Å². The maximum atomic E-state index is 11.8. The Labute approximate surface area is 205 Å². The first-order valence-corrected chi connectivity index (χ1v) is 11.4. The largest absolute Gasteiger partial charge is 0.465 e. The van der Waals surface area contributed by atoms with Crippen LogP contribution in [-0.2, 0) is 11.2 Å². The Kier molecular flexibility index (Phi) is 8.82. The van der Waals surface area contributed by atoms with Gasteiger partial charge < -0.3 is 10.1 Å². The van der Waals surface area contributed by atoms with Crippen LogP contribution in [0.5, 0.6) is 0 Å². The molecule has 3 atom stereocenters. The molecule has 0 aliphatic heterocycles. The summed E-state index contributed by atoms with van der Waals surface area (Å²) in [4.78, 5) is 11.8. The number of nitrogens with zero attached hydrogens (tertiary/aromatic N) is 2. The highest BCUT2D eigenvalue weighted by atomic mass is 35.5. The fourth-order valence-corrected chi connectivity index (χ4v) is 4.19. The van der Waals surface area contributed by atoms with Crippen LogP contribution in [0.1, 0.15) is 57.9 Å². The summed E-state index contributed by atoms with van der Waals surface area (Å²) in [5.74, 6) is -0.352. The molecule has 6 heteroatoms. The third kappa shape index (κ3) is 6.45. The maximum Gasteiger partial charge on any atom is 0.337 e. The predicted octanol–water partition coefficient (Wildman–Crippen LogP) is 5.96. The Hall–Kier alpha value is -3.64. The number of ether oxygens (including phenoxy) is 1. The van der Waals surface area contributed by atoms with Crippen LogP contribution in [0.4, 0.5) is 0 Å². The van der Waals surface area contributed by atoms with Gasteiger partial charge in [-0.05, 0) is 66.4 Å². The van der Waals surface area contributed by atoms with E-state index in [0.29, 0.717) is 16.1 Å². The second-order valence-electron chi connectivity index (χ2n) is 8.16. The minimum atomic E-state index is -0.398. The van der Waals surface area contributed by atoms with E-state index in [1.165, 1.54) is 7.11 Å². The molecule has 3 rings (SSSR count). The molecule has 0 saturated heterocycles. The van der Waals surface area contributed by atoms with E-state index in [9.17, 15) is 15.3 Å². The first kappa shape index (κ1) is 25.0. The van der Waals surface area contributed by atoms with Crippen molar-refractivity contribution in [3.8, 4) is 12.1 Å². The molecule has 0 fully saturated rings. The first-order chi connectivity index (χ1) is 16.4. The molecular formula is C28H26ClN3O2. The third-order valence-electron chi connectivity index (χ3n) is 5.91. The number of benzene rings is 3. The number of esters is 1. The molecule has 0 amide bonds. The number of carbonyl (C=O) groups is 1. The molecule has 0 aliphatic carbocycles. The molecule has 3 aromatic carbocycles. The molecule has 0 saturated carbocycles. The summed E-state index contributed by atoms with van der Waals surface area (Å²) < 4.78 is 4.77. The summed E-state index contributed by atoms with van der Waals surface area (Å²) in [6.45, 7) is 2.09. The van der Waals surface area contributed by atoms with Gasteiger partial charge in [0.2, 0.25) is 0 Å². The van der Waals surface area contributed by atoms with Crippen molar-refractivity contribution in [2.75, 3.05) is 7.11 Å². The van der Waals surface area contributed by atoms with Gasteiger partial charge in [0, 0.05) is 23.0 Å². The average Bonchev–Trinajstić information content (AvgIpc) is 2.87. The highest BCUT2D eigenvalue weighted by Gasteiger charge is 2.24. The minimum Gasteiger partial charge on any atom is -0.465 e. The molecule has 0 heterocycles. The molecule has 0 bridgehead atoms. The van der Waals surface area contributed by atoms with Gasteiger partial charge in [0.15, 0.2) is 0 Å². The summed E-state index contributed by atoms with van der Waals surface area (Å²) in [6, 6.07) is 26.7. The highest BCUT2D eigenvalue weighted by Crippen LogP contribution is 2.29. The van der Waals surface area contributed by atoms with E-state index in [-0.39, 0.29) is 24.4 Å². The fraction of sp³-hybridized carbons (Fsp3) is 0.250. The average molecular weight is 472 g/mol. The van der Waals surface area contributed by atoms with Gasteiger partial charge in [0.05, 0.1) is 36.8 Å². The molecule has 1 N–H and O–H groups in total. The monoisotopic (exact) mass is 471 g/mol. The van der Waals surface area contributed by atoms with E-state index in [1.807, 2.05) is 54.6 Å². The van der Waals surface area contributed by atoms with Crippen molar-refractivity contribution in [2.24, 2.45) is 0 Å². The van der Waals surface area contributed by atoms with Crippen molar-refractivity contribution in [3.63, 3.8) is 0 Å². The standard InChI is InChI=1S/C28H26ClN3O2/c1-19(32-27(14-15-30)22-8-10-23(11-9-22)28(33)34-2)26(17-20-6-12-25(29)13-7-20)24-5-3-4-21(16-24)18-31/h3-13,16,19,26-27,32H,14,17H2,1-2H3/t19-,26+,27?/m0/s1. The van der Waals surface area contributed by atoms with Crippen LogP contribution in [0.25, 0.3) is 0 Å². The van der Waals surface area contributed by atoms with Crippen LogP contribution in [-0.4, -0.2) is 19.1 Å². The predicted molar refractivity (Wildman–Crippen MR) is 132 cm³/mol. The highest BCUT2D eigenvalue weighted by molar-refractivity contribution is 6.30. The van der Waals surface area contributed by atoms with Gasteiger partial charge in [-0.3, -0.25) is 0 Å². The van der Waals surface area contributed by atoms with Gasteiger partial charge >= 0.3 is 5.97 Å². The molecule has 172 valence electrons. The topological polar surface area (TPSA) is 85.9 Å². The number of hydrogen-bond donors (Lipinski definition) is 1. The third-order valence-corrected chi connectivity index (χ3v) is 6.16. The van der Waals surface area contributed by atoms with Gasteiger partial charge in [-0.2, -0.15) is 10.5 Å². The smallest absolute Gasteiger partial charge is 0.337 e. The molecule has 34 heavy (non-hydrogen) atoms. The van der Waals surface area contributed by atoms with Crippen LogP contribution >= 0.6 is 11.6 Å². The van der Waals surface area contributed by atoms with Gasteiger partial charge in [0.25, 0.3) is 0 Å². The molecule has 0 aromatic heterocycles. The zero-order chi connectivity index (χ0) is 24.5. The van der Waals surface area contributed by atoms with Gasteiger partial charge in [-0.15, -0.1) is 0 Å². The Morgan fingerprint density at radius 2 is 1.74 bits per heavy atom. The van der Waals surface area contributed by atoms with Crippen molar-refractivity contribution in [1.82, 2.24) is 5.32 Å². The second-order valence-corrected chi connectivity index (χ2v) is 8.59. The van der Waals surface area contributed by atoms with Crippen molar-refractivity contribution in [2.45, 2.75) is 37.8 Å². The summed E-state index contributed by atoms with van der Waals surface area (Å²) >= 11 is 6.07. The van der Waals surface area contributed by atoms with Crippen molar-refractivity contribution >= 4 is 17.6 Å². The molecule has 3 aromatic rings. The SMILES string of the molecule is COC(=O)c1ccc(C(CC#N)N[C@@H](C)[C@@H](Cc2ccc(Cl)cc2)c2cccc(C#N)c2)cc1. The van der Waals surface area contributed by atoms with E-state index in [4.69, 9.17) is 16.3 Å². The second kappa shape index (κ2) is 12.0. The van der Waals surface area contributed by atoms with E-state index in [1.54, 1.807) is 18.2 Å². The zero-order valence-corrected chi connectivity index (χ0v) is 19.9. The number of nitriles is 2. The van der Waals surface area contributed by atoms with Crippen LogP contribution in [0.15, 0.2) is 72.8 Å². The Morgan fingerprint density at radius 3 is 2.35 bits per heavy atom. The molecular weight excluding hydrogens is 446 g/mol. The van der Waals surface area contributed by atoms with Crippen LogP contribution in [0.3, 0.4) is 0 Å². The number of methoxy groups -OCH3 is 1. The van der Waals surface area contributed by atoms with Crippen molar-refractivity contribution in [3.05, 3.63) is 106 Å². The molecule has 0 aliphatic rings. The minimum absolute atomic E-state index is 0.0248. The van der Waals surface area contributed by atoms with E-state index >= 15 is 0 Å². The Bertz CT molecular complexity index is 1190. The van der Waals surface area contributed by atoms with Crippen molar-refractivity contribution in [1.29, 1.82) is 10.5 Å². The number of halogens is 1. The molecule has 5 nitrogen and oxygen atoms in total. The van der Waals surface area contributed by atoms with Gasteiger partial charge in [0.1, 0.15) is 0 Å². The lowest BCUT2D eigenvalue weighted by Crippen LogP contribution is -2.36. The molecule has 0 radical (unpaired) electrons. The Morgan fingerprint density at radius 1 is 1.03 bits per heavy atom. The quantitative estimate of drug-likeness (QED) is 0.389. The lowest BCUT2D eigenvalue weighted by atomic mass is 9.85. The van der Waals surface area contributed by atoms with E-state index < -0.39 is 5.97 Å². The van der Waals surface area contributed by atoms with Gasteiger partial charge in [-0.1, -0.05) is 48.0 Å². The summed E-state index contributed by atoms with van der Waals surface area (Å²) in [5.41, 5.74) is 4.16. The normalized spacial score (nSPS) is 13.2. The maximum absolute atomic E-state index is 11.8. The molecule has 0 spiro atoms. The summed E-state index contributed by atoms with van der Waals surface area (Å²) in [5, 5.41) is 23.2. The van der Waals surface area contributed by atoms with Crippen LogP contribution in [0.2, 0.25) is 5.02 Å².